The van der Waals surface area contributed by atoms with Gasteiger partial charge in [-0.2, -0.15) is 0 Å². The first-order valence-corrected chi connectivity index (χ1v) is 10.8. The van der Waals surface area contributed by atoms with Crippen LogP contribution in [0.4, 0.5) is 0 Å². The van der Waals surface area contributed by atoms with Crippen LogP contribution in [0.5, 0.6) is 0 Å². The van der Waals surface area contributed by atoms with Crippen molar-refractivity contribution in [1.29, 1.82) is 0 Å². The normalized spacial score (nSPS) is 18.3. The van der Waals surface area contributed by atoms with Crippen LogP contribution in [0.3, 0.4) is 0 Å². The molecule has 1 N–H and O–H groups in total. The van der Waals surface area contributed by atoms with Gasteiger partial charge in [0, 0.05) is 29.4 Å². The Kier molecular flexibility index (Phi) is 4.66. The van der Waals surface area contributed by atoms with Gasteiger partial charge < -0.3 is 5.32 Å². The smallest absolute Gasteiger partial charge is 0.263 e. The molecule has 4 rings (SSSR count). The first kappa shape index (κ1) is 16.8. The molecule has 25 heavy (non-hydrogen) atoms. The summed E-state index contributed by atoms with van der Waals surface area (Å²) in [5.41, 5.74) is 0.901. The number of aromatic nitrogens is 2. The molecule has 0 aromatic carbocycles. The van der Waals surface area contributed by atoms with Crippen molar-refractivity contribution in [3.8, 4) is 10.4 Å². The number of thiophene rings is 2. The van der Waals surface area contributed by atoms with Crippen LogP contribution in [0.15, 0.2) is 32.8 Å². The summed E-state index contributed by atoms with van der Waals surface area (Å²) in [5.74, 6) is 0.0438. The molecule has 1 saturated heterocycles. The largest absolute Gasteiger partial charge is 0.355 e. The van der Waals surface area contributed by atoms with E-state index >= 15 is 0 Å². The summed E-state index contributed by atoms with van der Waals surface area (Å²) in [6, 6.07) is 4.00. The number of carbonyl (C=O) groups excluding carboxylic acids is 1. The maximum absolute atomic E-state index is 12.9. The molecule has 1 aliphatic heterocycles. The number of carbonyl (C=O) groups is 1. The molecule has 0 saturated carbocycles. The van der Waals surface area contributed by atoms with E-state index in [2.05, 4.69) is 5.32 Å². The standard InChI is InChI=1S/C17H17N3O2S3/c1-20-16(22)13-10(11-6-4-8-23-11)9-24-15(13)19-17(20)25-12-5-2-3-7-18-14(12)21/h4,6,8-9,12H,2-3,5,7H2,1H3,(H,18,21)/t12-/m0/s1. The molecular formula is C17H17N3O2S3. The number of hydrogen-bond donors (Lipinski definition) is 1. The molecule has 130 valence electrons. The molecule has 1 atom stereocenters. The van der Waals surface area contributed by atoms with Crippen LogP contribution in [0.2, 0.25) is 0 Å². The fourth-order valence-corrected chi connectivity index (χ4v) is 5.85. The van der Waals surface area contributed by atoms with Crippen LogP contribution in [0, 0.1) is 0 Å². The Balaban J connectivity index is 1.75. The maximum atomic E-state index is 12.9. The van der Waals surface area contributed by atoms with E-state index in [1.165, 1.54) is 23.1 Å². The molecule has 0 aliphatic carbocycles. The number of amides is 1. The maximum Gasteiger partial charge on any atom is 0.263 e. The topological polar surface area (TPSA) is 64.0 Å². The third-order valence-corrected chi connectivity index (χ3v) is 7.38. The van der Waals surface area contributed by atoms with Gasteiger partial charge in [0.25, 0.3) is 5.56 Å². The van der Waals surface area contributed by atoms with E-state index in [0.717, 1.165) is 41.1 Å². The lowest BCUT2D eigenvalue weighted by atomic mass is 10.2. The van der Waals surface area contributed by atoms with Crippen molar-refractivity contribution in [3.05, 3.63) is 33.2 Å². The Morgan fingerprint density at radius 2 is 2.20 bits per heavy atom. The van der Waals surface area contributed by atoms with Crippen LogP contribution < -0.4 is 10.9 Å². The highest BCUT2D eigenvalue weighted by molar-refractivity contribution is 8.00. The van der Waals surface area contributed by atoms with E-state index in [9.17, 15) is 9.59 Å². The van der Waals surface area contributed by atoms with Crippen molar-refractivity contribution in [3.63, 3.8) is 0 Å². The molecule has 0 radical (unpaired) electrons. The lowest BCUT2D eigenvalue weighted by Crippen LogP contribution is -2.31. The average Bonchev–Trinajstić information content (AvgIpc) is 3.22. The average molecular weight is 392 g/mol. The Hall–Kier alpha value is -1.64. The minimum atomic E-state index is -0.185. The van der Waals surface area contributed by atoms with Crippen molar-refractivity contribution >= 4 is 50.6 Å². The van der Waals surface area contributed by atoms with Crippen LogP contribution in [-0.2, 0) is 11.8 Å². The predicted molar refractivity (Wildman–Crippen MR) is 105 cm³/mol. The molecule has 5 nitrogen and oxygen atoms in total. The fraction of sp³-hybridized carbons (Fsp3) is 0.353. The van der Waals surface area contributed by atoms with Crippen LogP contribution >= 0.6 is 34.4 Å². The quantitative estimate of drug-likeness (QED) is 0.694. The number of thioether (sulfide) groups is 1. The zero-order chi connectivity index (χ0) is 17.4. The van der Waals surface area contributed by atoms with E-state index in [1.807, 2.05) is 22.9 Å². The van der Waals surface area contributed by atoms with Crippen LogP contribution in [-0.4, -0.2) is 27.3 Å². The molecule has 1 fully saturated rings. The Labute approximate surface area is 157 Å². The second-order valence-corrected chi connectivity index (χ2v) is 8.93. The van der Waals surface area contributed by atoms with Gasteiger partial charge in [-0.05, 0) is 24.3 Å². The molecule has 3 aromatic rings. The molecule has 0 unspecified atom stereocenters. The Morgan fingerprint density at radius 3 is 3.00 bits per heavy atom. The zero-order valence-corrected chi connectivity index (χ0v) is 16.1. The lowest BCUT2D eigenvalue weighted by Gasteiger charge is -2.14. The van der Waals surface area contributed by atoms with Crippen LogP contribution in [0.1, 0.15) is 19.3 Å². The van der Waals surface area contributed by atoms with Crippen molar-refractivity contribution in [1.82, 2.24) is 14.9 Å². The van der Waals surface area contributed by atoms with Gasteiger partial charge in [0.05, 0.1) is 10.6 Å². The Morgan fingerprint density at radius 1 is 1.32 bits per heavy atom. The van der Waals surface area contributed by atoms with E-state index in [-0.39, 0.29) is 16.7 Å². The minimum absolute atomic E-state index is 0.0438. The third kappa shape index (κ3) is 3.14. The number of nitrogens with one attached hydrogen (secondary N) is 1. The van der Waals surface area contributed by atoms with Crippen molar-refractivity contribution in [2.75, 3.05) is 6.54 Å². The number of fused-ring (bicyclic) bond motifs is 1. The molecule has 0 bridgehead atoms. The van der Waals surface area contributed by atoms with Gasteiger partial charge in [0.1, 0.15) is 4.83 Å². The van der Waals surface area contributed by atoms with Gasteiger partial charge in [-0.25, -0.2) is 4.98 Å². The third-order valence-electron chi connectivity index (χ3n) is 4.29. The summed E-state index contributed by atoms with van der Waals surface area (Å²) in [6.07, 6.45) is 2.83. The molecule has 1 amide bonds. The second-order valence-electron chi connectivity index (χ2n) is 5.96. The van der Waals surface area contributed by atoms with Crippen molar-refractivity contribution in [2.45, 2.75) is 29.7 Å². The lowest BCUT2D eigenvalue weighted by molar-refractivity contribution is -0.120. The molecular weight excluding hydrogens is 374 g/mol. The van der Waals surface area contributed by atoms with E-state index in [0.29, 0.717) is 10.5 Å². The number of hydrogen-bond acceptors (Lipinski definition) is 6. The predicted octanol–water partition coefficient (Wildman–Crippen LogP) is 3.48. The van der Waals surface area contributed by atoms with Gasteiger partial charge in [0.2, 0.25) is 5.91 Å². The van der Waals surface area contributed by atoms with Crippen molar-refractivity contribution < 1.29 is 4.79 Å². The minimum Gasteiger partial charge on any atom is -0.355 e. The highest BCUT2D eigenvalue weighted by atomic mass is 32.2. The summed E-state index contributed by atoms with van der Waals surface area (Å²) in [4.78, 5) is 31.6. The highest BCUT2D eigenvalue weighted by Gasteiger charge is 2.25. The summed E-state index contributed by atoms with van der Waals surface area (Å²) in [7, 11) is 1.74. The zero-order valence-electron chi connectivity index (χ0n) is 13.7. The molecule has 0 spiro atoms. The number of rotatable bonds is 3. The van der Waals surface area contributed by atoms with Gasteiger partial charge in [-0.3, -0.25) is 14.2 Å². The monoisotopic (exact) mass is 391 g/mol. The summed E-state index contributed by atoms with van der Waals surface area (Å²) in [6.45, 7) is 0.733. The van der Waals surface area contributed by atoms with E-state index in [1.54, 1.807) is 23.0 Å². The molecule has 4 heterocycles. The van der Waals surface area contributed by atoms with Gasteiger partial charge in [-0.1, -0.05) is 24.2 Å². The molecule has 3 aromatic heterocycles. The number of nitrogens with zero attached hydrogens (tertiary/aromatic N) is 2. The summed E-state index contributed by atoms with van der Waals surface area (Å²) >= 11 is 4.50. The van der Waals surface area contributed by atoms with Gasteiger partial charge in [-0.15, -0.1) is 22.7 Å². The fourth-order valence-electron chi connectivity index (χ4n) is 2.92. The summed E-state index contributed by atoms with van der Waals surface area (Å²) in [5, 5.41) is 8.04. The first-order chi connectivity index (χ1) is 12.1. The first-order valence-electron chi connectivity index (χ1n) is 8.11. The molecule has 1 aliphatic rings. The SMILES string of the molecule is Cn1c(S[C@H]2CCCCNC2=O)nc2scc(-c3cccs3)c2c1=O. The highest BCUT2D eigenvalue weighted by Crippen LogP contribution is 2.35. The Bertz CT molecular complexity index is 975. The summed E-state index contributed by atoms with van der Waals surface area (Å²) < 4.78 is 1.58. The van der Waals surface area contributed by atoms with Crippen LogP contribution in [0.25, 0.3) is 20.7 Å². The second kappa shape index (κ2) is 6.93. The van der Waals surface area contributed by atoms with E-state index < -0.39 is 0 Å². The molecule has 8 heteroatoms. The van der Waals surface area contributed by atoms with E-state index in [4.69, 9.17) is 4.98 Å². The van der Waals surface area contributed by atoms with Gasteiger partial charge >= 0.3 is 0 Å². The van der Waals surface area contributed by atoms with Crippen molar-refractivity contribution in [2.24, 2.45) is 7.05 Å². The van der Waals surface area contributed by atoms with Gasteiger partial charge in [0.15, 0.2) is 5.16 Å².